The molecule has 1 aliphatic heterocycles. The molecule has 1 aliphatic rings. The Morgan fingerprint density at radius 1 is 1.10 bits per heavy atom. The molecule has 1 aromatic heterocycles. The van der Waals surface area contributed by atoms with Gasteiger partial charge < -0.3 is 10.2 Å². The molecule has 3 nitrogen and oxygen atoms in total. The minimum atomic E-state index is 0.600. The van der Waals surface area contributed by atoms with E-state index in [1.165, 1.54) is 55.8 Å². The van der Waals surface area contributed by atoms with E-state index in [2.05, 4.69) is 39.5 Å². The van der Waals surface area contributed by atoms with Crippen LogP contribution in [0.2, 0.25) is 4.47 Å². The molecule has 0 radical (unpaired) electrons. The zero-order valence-corrected chi connectivity index (χ0v) is 13.6. The van der Waals surface area contributed by atoms with Crippen LogP contribution in [0.25, 0.3) is 0 Å². The summed E-state index contributed by atoms with van der Waals surface area (Å²) in [5, 5.41) is 3.41. The molecule has 5 heteroatoms. The Morgan fingerprint density at radius 2 is 1.81 bits per heavy atom. The van der Waals surface area contributed by atoms with Crippen LogP contribution in [0.4, 0.5) is 11.4 Å². The Bertz CT molecular complexity index is 559. The number of thiazole rings is 1. The van der Waals surface area contributed by atoms with Crippen molar-refractivity contribution in [3.05, 3.63) is 39.8 Å². The highest BCUT2D eigenvalue weighted by Gasteiger charge is 2.09. The summed E-state index contributed by atoms with van der Waals surface area (Å²) in [6.45, 7) is 3.14. The SMILES string of the molecule is Clc1ncc(CNc2ccc(N3CCCCCC3)cc2)s1. The number of halogens is 1. The third kappa shape index (κ3) is 4.11. The lowest BCUT2D eigenvalue weighted by molar-refractivity contribution is 0.726. The fourth-order valence-electron chi connectivity index (χ4n) is 2.67. The van der Waals surface area contributed by atoms with Gasteiger partial charge in [-0.25, -0.2) is 4.98 Å². The van der Waals surface area contributed by atoms with Crippen molar-refractivity contribution < 1.29 is 0 Å². The molecule has 0 atom stereocenters. The first-order chi connectivity index (χ1) is 10.3. The summed E-state index contributed by atoms with van der Waals surface area (Å²) in [5.41, 5.74) is 2.47. The second kappa shape index (κ2) is 7.14. The van der Waals surface area contributed by atoms with Crippen LogP contribution in [0.15, 0.2) is 30.5 Å². The summed E-state index contributed by atoms with van der Waals surface area (Å²) >= 11 is 7.36. The minimum absolute atomic E-state index is 0.600. The standard InChI is InChI=1S/C16H20ClN3S/c17-16-19-12-15(21-16)11-18-13-5-7-14(8-6-13)20-9-3-1-2-4-10-20/h5-8,12,18H,1-4,9-11H2. The van der Waals surface area contributed by atoms with Gasteiger partial charge in [-0.05, 0) is 37.1 Å². The van der Waals surface area contributed by atoms with Crippen molar-refractivity contribution in [2.75, 3.05) is 23.3 Å². The molecule has 0 amide bonds. The highest BCUT2D eigenvalue weighted by atomic mass is 35.5. The van der Waals surface area contributed by atoms with Crippen LogP contribution in [0, 0.1) is 0 Å². The van der Waals surface area contributed by atoms with Crippen molar-refractivity contribution in [2.24, 2.45) is 0 Å². The molecule has 0 aliphatic carbocycles. The number of rotatable bonds is 4. The van der Waals surface area contributed by atoms with Crippen molar-refractivity contribution in [3.63, 3.8) is 0 Å². The smallest absolute Gasteiger partial charge is 0.183 e. The maximum Gasteiger partial charge on any atom is 0.183 e. The second-order valence-electron chi connectivity index (χ2n) is 5.38. The Balaban J connectivity index is 1.58. The van der Waals surface area contributed by atoms with Crippen LogP contribution >= 0.6 is 22.9 Å². The van der Waals surface area contributed by atoms with Gasteiger partial charge in [0.05, 0.1) is 6.54 Å². The Labute approximate surface area is 135 Å². The topological polar surface area (TPSA) is 28.2 Å². The van der Waals surface area contributed by atoms with Gasteiger partial charge in [-0.15, -0.1) is 11.3 Å². The van der Waals surface area contributed by atoms with E-state index in [0.29, 0.717) is 4.47 Å². The van der Waals surface area contributed by atoms with Crippen LogP contribution < -0.4 is 10.2 Å². The van der Waals surface area contributed by atoms with E-state index in [1.807, 2.05) is 6.20 Å². The fourth-order valence-corrected chi connectivity index (χ4v) is 3.59. The van der Waals surface area contributed by atoms with E-state index >= 15 is 0 Å². The summed E-state index contributed by atoms with van der Waals surface area (Å²) < 4.78 is 0.600. The molecule has 3 rings (SSSR count). The molecule has 1 aromatic carbocycles. The van der Waals surface area contributed by atoms with Crippen LogP contribution in [0.3, 0.4) is 0 Å². The molecule has 2 heterocycles. The molecule has 1 N–H and O–H groups in total. The highest BCUT2D eigenvalue weighted by molar-refractivity contribution is 7.15. The van der Waals surface area contributed by atoms with Gasteiger partial charge in [0.2, 0.25) is 0 Å². The van der Waals surface area contributed by atoms with E-state index in [-0.39, 0.29) is 0 Å². The zero-order chi connectivity index (χ0) is 14.5. The molecular formula is C16H20ClN3S. The number of benzene rings is 1. The molecule has 112 valence electrons. The maximum absolute atomic E-state index is 5.84. The molecule has 0 spiro atoms. The molecular weight excluding hydrogens is 302 g/mol. The van der Waals surface area contributed by atoms with Crippen LogP contribution in [-0.4, -0.2) is 18.1 Å². The van der Waals surface area contributed by atoms with E-state index in [0.717, 1.165) is 17.1 Å². The van der Waals surface area contributed by atoms with E-state index in [4.69, 9.17) is 11.6 Å². The van der Waals surface area contributed by atoms with E-state index in [9.17, 15) is 0 Å². The lowest BCUT2D eigenvalue weighted by Crippen LogP contribution is -2.23. The Hall–Kier alpha value is -1.26. The number of aromatic nitrogens is 1. The first-order valence-electron chi connectivity index (χ1n) is 7.50. The average Bonchev–Trinajstić information content (AvgIpc) is 2.76. The van der Waals surface area contributed by atoms with Gasteiger partial charge in [-0.3, -0.25) is 0 Å². The average molecular weight is 322 g/mol. The molecule has 1 saturated heterocycles. The largest absolute Gasteiger partial charge is 0.380 e. The lowest BCUT2D eigenvalue weighted by atomic mass is 10.2. The predicted octanol–water partition coefficient (Wildman–Crippen LogP) is 4.79. The molecule has 1 fully saturated rings. The van der Waals surface area contributed by atoms with Crippen molar-refractivity contribution >= 4 is 34.3 Å². The van der Waals surface area contributed by atoms with Crippen molar-refractivity contribution in [1.29, 1.82) is 0 Å². The molecule has 2 aromatic rings. The normalized spacial score (nSPS) is 15.8. The predicted molar refractivity (Wildman–Crippen MR) is 91.6 cm³/mol. The molecule has 0 bridgehead atoms. The third-order valence-corrected chi connectivity index (χ3v) is 4.95. The monoisotopic (exact) mass is 321 g/mol. The zero-order valence-electron chi connectivity index (χ0n) is 12.0. The quantitative estimate of drug-likeness (QED) is 0.877. The number of hydrogen-bond donors (Lipinski definition) is 1. The van der Waals surface area contributed by atoms with Gasteiger partial charge in [-0.2, -0.15) is 0 Å². The van der Waals surface area contributed by atoms with Gasteiger partial charge >= 0.3 is 0 Å². The van der Waals surface area contributed by atoms with Gasteiger partial charge in [0.25, 0.3) is 0 Å². The first-order valence-corrected chi connectivity index (χ1v) is 8.70. The minimum Gasteiger partial charge on any atom is -0.380 e. The van der Waals surface area contributed by atoms with Crippen LogP contribution in [0.5, 0.6) is 0 Å². The number of nitrogens with one attached hydrogen (secondary N) is 1. The van der Waals surface area contributed by atoms with Gasteiger partial charge in [0.15, 0.2) is 4.47 Å². The van der Waals surface area contributed by atoms with Crippen molar-refractivity contribution in [3.8, 4) is 0 Å². The molecule has 0 saturated carbocycles. The summed E-state index contributed by atoms with van der Waals surface area (Å²) in [7, 11) is 0. The number of nitrogens with zero attached hydrogens (tertiary/aromatic N) is 2. The van der Waals surface area contributed by atoms with Gasteiger partial charge in [0.1, 0.15) is 0 Å². The number of anilines is 2. The van der Waals surface area contributed by atoms with Crippen molar-refractivity contribution in [1.82, 2.24) is 4.98 Å². The lowest BCUT2D eigenvalue weighted by Gasteiger charge is -2.22. The van der Waals surface area contributed by atoms with Crippen molar-refractivity contribution in [2.45, 2.75) is 32.2 Å². The maximum atomic E-state index is 5.84. The van der Waals surface area contributed by atoms with Crippen LogP contribution in [0.1, 0.15) is 30.6 Å². The second-order valence-corrected chi connectivity index (χ2v) is 7.08. The summed E-state index contributed by atoms with van der Waals surface area (Å²) in [4.78, 5) is 7.70. The molecule has 0 unspecified atom stereocenters. The van der Waals surface area contributed by atoms with E-state index < -0.39 is 0 Å². The Kier molecular flexibility index (Phi) is 4.99. The number of hydrogen-bond acceptors (Lipinski definition) is 4. The summed E-state index contributed by atoms with van der Waals surface area (Å²) in [6, 6.07) is 8.74. The van der Waals surface area contributed by atoms with Gasteiger partial charge in [0, 0.05) is 35.5 Å². The fraction of sp³-hybridized carbons (Fsp3) is 0.438. The Morgan fingerprint density at radius 3 is 2.43 bits per heavy atom. The van der Waals surface area contributed by atoms with Gasteiger partial charge in [-0.1, -0.05) is 24.4 Å². The summed E-state index contributed by atoms with van der Waals surface area (Å²) in [6.07, 6.45) is 7.19. The van der Waals surface area contributed by atoms with Crippen LogP contribution in [-0.2, 0) is 6.54 Å². The van der Waals surface area contributed by atoms with E-state index in [1.54, 1.807) is 0 Å². The first kappa shape index (κ1) is 14.7. The third-order valence-electron chi connectivity index (χ3n) is 3.83. The highest BCUT2D eigenvalue weighted by Crippen LogP contribution is 2.23. The molecule has 21 heavy (non-hydrogen) atoms. The summed E-state index contributed by atoms with van der Waals surface area (Å²) in [5.74, 6) is 0.